The van der Waals surface area contributed by atoms with Crippen LogP contribution in [0.25, 0.3) is 0 Å². The molecule has 2 unspecified atom stereocenters. The molecule has 3 heteroatoms. The van der Waals surface area contributed by atoms with Crippen LogP contribution in [-0.2, 0) is 0 Å². The van der Waals surface area contributed by atoms with Gasteiger partial charge >= 0.3 is 0 Å². The molecule has 16 heavy (non-hydrogen) atoms. The summed E-state index contributed by atoms with van der Waals surface area (Å²) in [5.74, 6) is 1.89. The summed E-state index contributed by atoms with van der Waals surface area (Å²) in [6.07, 6.45) is 1.74. The normalized spacial score (nSPS) is 17.1. The summed E-state index contributed by atoms with van der Waals surface area (Å²) in [7, 11) is 0. The molecule has 2 N–H and O–H groups in total. The second-order valence-electron chi connectivity index (χ2n) is 4.70. The van der Waals surface area contributed by atoms with E-state index in [2.05, 4.69) is 26.1 Å². The van der Waals surface area contributed by atoms with Gasteiger partial charge in [-0.25, -0.2) is 0 Å². The number of aryl methyl sites for hydroxylation is 1. The predicted octanol–water partition coefficient (Wildman–Crippen LogP) is 2.79. The first kappa shape index (κ1) is 13.3. The molecule has 0 spiro atoms. The first-order valence-corrected chi connectivity index (χ1v) is 5.95. The molecule has 0 aliphatic rings. The first-order chi connectivity index (χ1) is 7.50. The molecule has 0 aliphatic carbocycles. The third-order valence-electron chi connectivity index (χ3n) is 3.20. The highest BCUT2D eigenvalue weighted by Gasteiger charge is 2.24. The van der Waals surface area contributed by atoms with Crippen molar-refractivity contribution in [2.75, 3.05) is 6.61 Å². The van der Waals surface area contributed by atoms with Crippen LogP contribution in [0.2, 0.25) is 0 Å². The molecule has 92 valence electrons. The fourth-order valence-corrected chi connectivity index (χ4v) is 1.88. The Morgan fingerprint density at radius 3 is 2.62 bits per heavy atom. The summed E-state index contributed by atoms with van der Waals surface area (Å²) in [5.41, 5.74) is -0.0329. The summed E-state index contributed by atoms with van der Waals surface area (Å²) in [5, 5.41) is 12.6. The van der Waals surface area contributed by atoms with E-state index in [-0.39, 0.29) is 18.2 Å². The van der Waals surface area contributed by atoms with Gasteiger partial charge in [0.05, 0.1) is 6.04 Å². The highest BCUT2D eigenvalue weighted by Crippen LogP contribution is 2.22. The van der Waals surface area contributed by atoms with Crippen LogP contribution < -0.4 is 5.32 Å². The molecule has 0 radical (unpaired) electrons. The van der Waals surface area contributed by atoms with Crippen LogP contribution in [0, 0.1) is 6.92 Å². The molecule has 1 aromatic rings. The Hall–Kier alpha value is -0.800. The van der Waals surface area contributed by atoms with Gasteiger partial charge in [-0.15, -0.1) is 0 Å². The highest BCUT2D eigenvalue weighted by atomic mass is 16.3. The molecular formula is C13H23NO2. The summed E-state index contributed by atoms with van der Waals surface area (Å²) in [6, 6.07) is 4.15. The molecular weight excluding hydrogens is 202 g/mol. The molecule has 1 aromatic heterocycles. The minimum Gasteiger partial charge on any atom is -0.465 e. The number of rotatable bonds is 6. The Morgan fingerprint density at radius 1 is 1.50 bits per heavy atom. The van der Waals surface area contributed by atoms with E-state index in [1.165, 1.54) is 0 Å². The van der Waals surface area contributed by atoms with Gasteiger partial charge < -0.3 is 14.8 Å². The molecule has 0 fully saturated rings. The largest absolute Gasteiger partial charge is 0.465 e. The van der Waals surface area contributed by atoms with Crippen molar-refractivity contribution in [3.8, 4) is 0 Å². The molecule has 0 aliphatic heterocycles. The van der Waals surface area contributed by atoms with E-state index >= 15 is 0 Å². The molecule has 0 aromatic carbocycles. The lowest BCUT2D eigenvalue weighted by atomic mass is 9.93. The Bertz CT molecular complexity index is 321. The van der Waals surface area contributed by atoms with E-state index in [0.717, 1.165) is 24.4 Å². The van der Waals surface area contributed by atoms with Gasteiger partial charge in [-0.3, -0.25) is 0 Å². The average molecular weight is 225 g/mol. The van der Waals surface area contributed by atoms with Crippen molar-refractivity contribution in [2.24, 2.45) is 0 Å². The topological polar surface area (TPSA) is 45.4 Å². The summed E-state index contributed by atoms with van der Waals surface area (Å²) in [6.45, 7) is 8.51. The average Bonchev–Trinajstić information content (AvgIpc) is 2.65. The minimum absolute atomic E-state index is 0.0329. The quantitative estimate of drug-likeness (QED) is 0.782. The number of nitrogens with one attached hydrogen (secondary N) is 1. The van der Waals surface area contributed by atoms with Crippen LogP contribution >= 0.6 is 0 Å². The lowest BCUT2D eigenvalue weighted by molar-refractivity contribution is 0.199. The van der Waals surface area contributed by atoms with Crippen LogP contribution in [0.5, 0.6) is 0 Å². The van der Waals surface area contributed by atoms with E-state index in [1.807, 2.05) is 19.1 Å². The summed E-state index contributed by atoms with van der Waals surface area (Å²) in [4.78, 5) is 0. The van der Waals surface area contributed by atoms with Gasteiger partial charge in [-0.1, -0.05) is 6.92 Å². The maximum atomic E-state index is 9.06. The lowest BCUT2D eigenvalue weighted by Crippen LogP contribution is -2.43. The second kappa shape index (κ2) is 5.51. The number of aliphatic hydroxyl groups is 1. The fourth-order valence-electron chi connectivity index (χ4n) is 1.88. The van der Waals surface area contributed by atoms with Crippen molar-refractivity contribution in [2.45, 2.75) is 52.1 Å². The van der Waals surface area contributed by atoms with Crippen LogP contribution in [0.1, 0.15) is 51.2 Å². The zero-order valence-corrected chi connectivity index (χ0v) is 10.7. The molecule has 0 bridgehead atoms. The van der Waals surface area contributed by atoms with Crippen molar-refractivity contribution in [1.82, 2.24) is 5.32 Å². The van der Waals surface area contributed by atoms with Crippen LogP contribution in [0.3, 0.4) is 0 Å². The van der Waals surface area contributed by atoms with Gasteiger partial charge in [-0.05, 0) is 45.7 Å². The maximum absolute atomic E-state index is 9.06. The highest BCUT2D eigenvalue weighted by molar-refractivity contribution is 5.09. The zero-order chi connectivity index (χ0) is 12.2. The Balaban J connectivity index is 2.65. The molecule has 2 atom stereocenters. The van der Waals surface area contributed by atoms with E-state index in [9.17, 15) is 0 Å². The van der Waals surface area contributed by atoms with Crippen molar-refractivity contribution in [3.63, 3.8) is 0 Å². The molecule has 0 amide bonds. The van der Waals surface area contributed by atoms with Crippen molar-refractivity contribution >= 4 is 0 Å². The Morgan fingerprint density at radius 2 is 2.19 bits per heavy atom. The number of furan rings is 1. The van der Waals surface area contributed by atoms with E-state index in [1.54, 1.807) is 0 Å². The van der Waals surface area contributed by atoms with Gasteiger partial charge in [0.15, 0.2) is 0 Å². The van der Waals surface area contributed by atoms with Crippen molar-refractivity contribution in [3.05, 3.63) is 23.7 Å². The zero-order valence-electron chi connectivity index (χ0n) is 10.7. The number of aliphatic hydroxyl groups excluding tert-OH is 1. The smallest absolute Gasteiger partial charge is 0.120 e. The van der Waals surface area contributed by atoms with Gasteiger partial charge in [0.1, 0.15) is 11.5 Å². The second-order valence-corrected chi connectivity index (χ2v) is 4.70. The standard InChI is InChI=1S/C13H23NO2/c1-5-13(4,8-9-15)14-11(3)12-7-6-10(2)16-12/h6-7,11,14-15H,5,8-9H2,1-4H3. The number of hydrogen-bond acceptors (Lipinski definition) is 3. The van der Waals surface area contributed by atoms with Crippen LogP contribution in [-0.4, -0.2) is 17.3 Å². The van der Waals surface area contributed by atoms with Gasteiger partial charge in [0, 0.05) is 12.1 Å². The SMILES string of the molecule is CCC(C)(CCO)NC(C)c1ccc(C)o1. The molecule has 0 saturated carbocycles. The Labute approximate surface area is 97.9 Å². The molecule has 3 nitrogen and oxygen atoms in total. The van der Waals surface area contributed by atoms with Gasteiger partial charge in [0.2, 0.25) is 0 Å². The monoisotopic (exact) mass is 225 g/mol. The summed E-state index contributed by atoms with van der Waals surface area (Å²) < 4.78 is 5.59. The predicted molar refractivity (Wildman–Crippen MR) is 65.4 cm³/mol. The maximum Gasteiger partial charge on any atom is 0.120 e. The van der Waals surface area contributed by atoms with E-state index in [0.29, 0.717) is 0 Å². The first-order valence-electron chi connectivity index (χ1n) is 5.95. The van der Waals surface area contributed by atoms with Crippen LogP contribution in [0.4, 0.5) is 0 Å². The third-order valence-corrected chi connectivity index (χ3v) is 3.20. The van der Waals surface area contributed by atoms with Crippen molar-refractivity contribution < 1.29 is 9.52 Å². The van der Waals surface area contributed by atoms with Crippen molar-refractivity contribution in [1.29, 1.82) is 0 Å². The molecule has 1 rings (SSSR count). The Kier molecular flexibility index (Phi) is 4.56. The minimum atomic E-state index is -0.0329. The van der Waals surface area contributed by atoms with Gasteiger partial charge in [-0.2, -0.15) is 0 Å². The van der Waals surface area contributed by atoms with Crippen LogP contribution in [0.15, 0.2) is 16.5 Å². The lowest BCUT2D eigenvalue weighted by Gasteiger charge is -2.32. The van der Waals surface area contributed by atoms with E-state index in [4.69, 9.17) is 9.52 Å². The summed E-state index contributed by atoms with van der Waals surface area (Å²) >= 11 is 0. The fraction of sp³-hybridized carbons (Fsp3) is 0.692. The molecule has 1 heterocycles. The molecule has 0 saturated heterocycles. The third kappa shape index (κ3) is 3.35. The number of hydrogen-bond donors (Lipinski definition) is 2. The van der Waals surface area contributed by atoms with Gasteiger partial charge in [0.25, 0.3) is 0 Å². The van der Waals surface area contributed by atoms with E-state index < -0.39 is 0 Å².